The Balaban J connectivity index is 2.19. The van der Waals surface area contributed by atoms with E-state index in [4.69, 9.17) is 4.99 Å². The molecule has 0 atom stereocenters. The molecule has 128 valence electrons. The summed E-state index contributed by atoms with van der Waals surface area (Å²) < 4.78 is 0. The number of aliphatic imine (C=N–C) groups is 1. The first-order chi connectivity index (χ1) is 11.4. The fourth-order valence-corrected chi connectivity index (χ4v) is 4.28. The molecule has 0 bridgehead atoms. The lowest BCUT2D eigenvalue weighted by Gasteiger charge is -2.28. The van der Waals surface area contributed by atoms with Gasteiger partial charge in [-0.25, -0.2) is 14.8 Å². The zero-order valence-electron chi connectivity index (χ0n) is 14.6. The van der Waals surface area contributed by atoms with Gasteiger partial charge in [-0.1, -0.05) is 0 Å². The summed E-state index contributed by atoms with van der Waals surface area (Å²) in [5, 5.41) is 10.5. The number of piperidine rings is 1. The number of fused-ring (bicyclic) bond motifs is 1. The molecule has 6 heteroatoms. The second-order valence-corrected chi connectivity index (χ2v) is 7.42. The Kier molecular flexibility index (Phi) is 4.58. The molecule has 1 saturated heterocycles. The molecule has 1 aliphatic rings. The van der Waals surface area contributed by atoms with E-state index in [1.54, 1.807) is 0 Å². The lowest BCUT2D eigenvalue weighted by atomic mass is 10.1. The zero-order chi connectivity index (χ0) is 17.4. The standard InChI is InChI=1S/C18H23N3O2S/c1-10-11(2)14-15(20-13(4)21-8-6-5-7-9-21)16(18(22)23)24-17(14)19-12(10)3/h5-9H2,1-4H3,(H,22,23). The minimum Gasteiger partial charge on any atom is -0.477 e. The molecule has 1 fully saturated rings. The van der Waals surface area contributed by atoms with Crippen LogP contribution in [0.5, 0.6) is 0 Å². The number of nitrogens with zero attached hydrogens (tertiary/aromatic N) is 3. The summed E-state index contributed by atoms with van der Waals surface area (Å²) in [5.74, 6) is -0.0348. The van der Waals surface area contributed by atoms with Crippen LogP contribution in [0.15, 0.2) is 4.99 Å². The van der Waals surface area contributed by atoms with Crippen LogP contribution >= 0.6 is 11.3 Å². The van der Waals surface area contributed by atoms with Crippen LogP contribution in [0, 0.1) is 20.8 Å². The van der Waals surface area contributed by atoms with Gasteiger partial charge in [-0.3, -0.25) is 0 Å². The average Bonchev–Trinajstić information content (AvgIpc) is 2.92. The third-order valence-electron chi connectivity index (χ3n) is 4.90. The predicted octanol–water partition coefficient (Wildman–Crippen LogP) is 4.46. The van der Waals surface area contributed by atoms with Crippen LogP contribution in [0.1, 0.15) is 52.7 Å². The smallest absolute Gasteiger partial charge is 0.348 e. The topological polar surface area (TPSA) is 65.8 Å². The van der Waals surface area contributed by atoms with E-state index in [0.717, 1.165) is 46.0 Å². The van der Waals surface area contributed by atoms with Gasteiger partial charge in [-0.2, -0.15) is 0 Å². The second-order valence-electron chi connectivity index (χ2n) is 6.42. The highest BCUT2D eigenvalue weighted by Gasteiger charge is 2.22. The van der Waals surface area contributed by atoms with Gasteiger partial charge in [0.1, 0.15) is 21.2 Å². The molecule has 0 aliphatic carbocycles. The molecule has 1 aliphatic heterocycles. The molecular weight excluding hydrogens is 322 g/mol. The molecule has 0 spiro atoms. The molecule has 2 aromatic heterocycles. The van der Waals surface area contributed by atoms with E-state index >= 15 is 0 Å². The van der Waals surface area contributed by atoms with Gasteiger partial charge in [0.05, 0.1) is 0 Å². The molecule has 1 N–H and O–H groups in total. The molecule has 5 nitrogen and oxygen atoms in total. The van der Waals surface area contributed by atoms with Crippen molar-refractivity contribution in [2.24, 2.45) is 4.99 Å². The van der Waals surface area contributed by atoms with Crippen molar-refractivity contribution in [3.05, 3.63) is 21.7 Å². The second kappa shape index (κ2) is 6.51. The molecule has 2 aromatic rings. The molecule has 3 rings (SSSR count). The molecule has 0 saturated carbocycles. The van der Waals surface area contributed by atoms with Crippen molar-refractivity contribution in [2.45, 2.75) is 47.0 Å². The van der Waals surface area contributed by atoms with Gasteiger partial charge in [0.2, 0.25) is 0 Å². The molecule has 0 unspecified atom stereocenters. The number of thiophene rings is 1. The van der Waals surface area contributed by atoms with Crippen LogP contribution in [-0.4, -0.2) is 39.9 Å². The highest BCUT2D eigenvalue weighted by atomic mass is 32.1. The number of aromatic carboxylic acids is 1. The maximum atomic E-state index is 11.7. The number of hydrogen-bond acceptors (Lipinski definition) is 4. The van der Waals surface area contributed by atoms with E-state index in [2.05, 4.69) is 9.88 Å². The quantitative estimate of drug-likeness (QED) is 0.645. The van der Waals surface area contributed by atoms with Gasteiger partial charge < -0.3 is 10.0 Å². The van der Waals surface area contributed by atoms with Gasteiger partial charge in [-0.15, -0.1) is 11.3 Å². The van der Waals surface area contributed by atoms with Crippen LogP contribution in [-0.2, 0) is 0 Å². The van der Waals surface area contributed by atoms with Gasteiger partial charge in [0.15, 0.2) is 0 Å². The number of pyridine rings is 1. The SMILES string of the molecule is CC(=Nc1c(C(=O)O)sc2nc(C)c(C)c(C)c12)N1CCCCC1. The van der Waals surface area contributed by atoms with E-state index in [-0.39, 0.29) is 4.88 Å². The number of carboxylic acids is 1. The van der Waals surface area contributed by atoms with Crippen molar-refractivity contribution in [3.63, 3.8) is 0 Å². The average molecular weight is 345 g/mol. The highest BCUT2D eigenvalue weighted by molar-refractivity contribution is 7.21. The van der Waals surface area contributed by atoms with Gasteiger partial charge in [0, 0.05) is 24.2 Å². The Morgan fingerprint density at radius 1 is 1.17 bits per heavy atom. The molecule has 0 amide bonds. The lowest BCUT2D eigenvalue weighted by molar-refractivity contribution is 0.0703. The normalized spacial score (nSPS) is 16.0. The Labute approximate surface area is 146 Å². The Bertz CT molecular complexity index is 833. The molecular formula is C18H23N3O2S. The Morgan fingerprint density at radius 3 is 2.46 bits per heavy atom. The maximum absolute atomic E-state index is 11.7. The monoisotopic (exact) mass is 345 g/mol. The minimum absolute atomic E-state index is 0.280. The summed E-state index contributed by atoms with van der Waals surface area (Å²) in [5.41, 5.74) is 3.69. The predicted molar refractivity (Wildman–Crippen MR) is 99.0 cm³/mol. The Hall–Kier alpha value is -1.95. The van der Waals surface area contributed by atoms with E-state index in [9.17, 15) is 9.90 Å². The maximum Gasteiger partial charge on any atom is 0.348 e. The summed E-state index contributed by atoms with van der Waals surface area (Å²) in [6, 6.07) is 0. The summed E-state index contributed by atoms with van der Waals surface area (Å²) in [6.45, 7) is 9.98. The third kappa shape index (κ3) is 2.90. The van der Waals surface area contributed by atoms with Crippen LogP contribution < -0.4 is 0 Å². The first-order valence-electron chi connectivity index (χ1n) is 8.34. The number of amidine groups is 1. The summed E-state index contributed by atoms with van der Waals surface area (Å²) >= 11 is 1.22. The van der Waals surface area contributed by atoms with Crippen molar-refractivity contribution in [1.82, 2.24) is 9.88 Å². The van der Waals surface area contributed by atoms with Crippen molar-refractivity contribution >= 4 is 39.0 Å². The molecule has 3 heterocycles. The number of likely N-dealkylation sites (tertiary alicyclic amines) is 1. The van der Waals surface area contributed by atoms with Crippen LogP contribution in [0.3, 0.4) is 0 Å². The van der Waals surface area contributed by atoms with Crippen molar-refractivity contribution in [2.75, 3.05) is 13.1 Å². The highest BCUT2D eigenvalue weighted by Crippen LogP contribution is 2.40. The van der Waals surface area contributed by atoms with E-state index in [0.29, 0.717) is 5.69 Å². The first kappa shape index (κ1) is 16.9. The Morgan fingerprint density at radius 2 is 1.83 bits per heavy atom. The largest absolute Gasteiger partial charge is 0.477 e. The minimum atomic E-state index is -0.932. The van der Waals surface area contributed by atoms with Crippen LogP contribution in [0.4, 0.5) is 5.69 Å². The summed E-state index contributed by atoms with van der Waals surface area (Å²) in [6.07, 6.45) is 3.59. The zero-order valence-corrected chi connectivity index (χ0v) is 15.5. The number of aromatic nitrogens is 1. The lowest BCUT2D eigenvalue weighted by Crippen LogP contribution is -2.33. The number of hydrogen-bond donors (Lipinski definition) is 1. The van der Waals surface area contributed by atoms with Gasteiger partial charge in [-0.05, 0) is 58.1 Å². The molecule has 0 aromatic carbocycles. The summed E-state index contributed by atoms with van der Waals surface area (Å²) in [7, 11) is 0. The number of carbonyl (C=O) groups is 1. The van der Waals surface area contributed by atoms with Crippen molar-refractivity contribution < 1.29 is 9.90 Å². The van der Waals surface area contributed by atoms with Crippen LogP contribution in [0.25, 0.3) is 10.2 Å². The first-order valence-corrected chi connectivity index (χ1v) is 9.15. The summed E-state index contributed by atoms with van der Waals surface area (Å²) in [4.78, 5) is 24.4. The van der Waals surface area contributed by atoms with E-state index in [1.165, 1.54) is 30.6 Å². The number of carboxylic acid groups (broad SMARTS) is 1. The van der Waals surface area contributed by atoms with Crippen molar-refractivity contribution in [1.29, 1.82) is 0 Å². The third-order valence-corrected chi connectivity index (χ3v) is 5.96. The van der Waals surface area contributed by atoms with E-state index in [1.807, 2.05) is 27.7 Å². The number of rotatable bonds is 2. The van der Waals surface area contributed by atoms with Crippen molar-refractivity contribution in [3.8, 4) is 0 Å². The fraction of sp³-hybridized carbons (Fsp3) is 0.500. The van der Waals surface area contributed by atoms with Crippen LogP contribution in [0.2, 0.25) is 0 Å². The molecule has 24 heavy (non-hydrogen) atoms. The van der Waals surface area contributed by atoms with Gasteiger partial charge >= 0.3 is 5.97 Å². The molecule has 0 radical (unpaired) electrons. The van der Waals surface area contributed by atoms with Gasteiger partial charge in [0.25, 0.3) is 0 Å². The fourth-order valence-electron chi connectivity index (χ4n) is 3.22. The number of aryl methyl sites for hydroxylation is 2. The van der Waals surface area contributed by atoms with E-state index < -0.39 is 5.97 Å².